The van der Waals surface area contributed by atoms with Gasteiger partial charge >= 0.3 is 5.97 Å². The number of pyridine rings is 1. The number of benzene rings is 2. The molecule has 5 aromatic rings. The van der Waals surface area contributed by atoms with Gasteiger partial charge in [-0.25, -0.2) is 9.78 Å². The van der Waals surface area contributed by atoms with Crippen molar-refractivity contribution in [2.24, 2.45) is 0 Å². The third kappa shape index (κ3) is 4.69. The van der Waals surface area contributed by atoms with E-state index in [1.165, 1.54) is 11.3 Å². The molecule has 0 fully saturated rings. The van der Waals surface area contributed by atoms with Crippen LogP contribution in [0.15, 0.2) is 81.0 Å². The van der Waals surface area contributed by atoms with Gasteiger partial charge in [0.05, 0.1) is 17.7 Å². The van der Waals surface area contributed by atoms with Crippen LogP contribution < -0.4 is 5.32 Å². The Morgan fingerprint density at radius 1 is 1.08 bits per heavy atom. The maximum atomic E-state index is 13.6. The Balaban J connectivity index is 1.57. The molecule has 0 saturated heterocycles. The van der Waals surface area contributed by atoms with Crippen molar-refractivity contribution in [1.29, 1.82) is 0 Å². The second-order valence-electron chi connectivity index (χ2n) is 8.02. The molecule has 3 heterocycles. The number of aromatic nitrogens is 1. The van der Waals surface area contributed by atoms with Gasteiger partial charge < -0.3 is 14.5 Å². The number of carbonyl (C=O) groups is 2. The molecule has 5 rings (SSSR count). The van der Waals surface area contributed by atoms with Gasteiger partial charge in [-0.1, -0.05) is 46.3 Å². The molecule has 2 aromatic carbocycles. The summed E-state index contributed by atoms with van der Waals surface area (Å²) in [4.78, 5) is 31.3. The van der Waals surface area contributed by atoms with Crippen LogP contribution in [0.25, 0.3) is 33.5 Å². The summed E-state index contributed by atoms with van der Waals surface area (Å²) in [6.45, 7) is 3.83. The Kier molecular flexibility index (Phi) is 6.71. The number of esters is 1. The fraction of sp³-hybridized carbons (Fsp3) is 0.107. The number of hydrogen-bond donors (Lipinski definition) is 1. The fourth-order valence-electron chi connectivity index (χ4n) is 3.93. The Morgan fingerprint density at radius 2 is 1.86 bits per heavy atom. The van der Waals surface area contributed by atoms with Crippen LogP contribution in [0.5, 0.6) is 0 Å². The Morgan fingerprint density at radius 3 is 2.58 bits per heavy atom. The average molecular weight is 561 g/mol. The van der Waals surface area contributed by atoms with Crippen molar-refractivity contribution >= 4 is 55.0 Å². The molecule has 36 heavy (non-hydrogen) atoms. The number of rotatable bonds is 6. The number of thiophene rings is 1. The second-order valence-corrected chi connectivity index (χ2v) is 9.81. The third-order valence-electron chi connectivity index (χ3n) is 5.61. The van der Waals surface area contributed by atoms with E-state index in [0.717, 1.165) is 15.8 Å². The predicted octanol–water partition coefficient (Wildman–Crippen LogP) is 7.72. The Hall–Kier alpha value is -3.75. The van der Waals surface area contributed by atoms with E-state index in [-0.39, 0.29) is 12.5 Å². The number of nitrogens with zero attached hydrogens (tertiary/aromatic N) is 1. The summed E-state index contributed by atoms with van der Waals surface area (Å²) in [6.07, 6.45) is 0. The molecule has 0 aliphatic rings. The van der Waals surface area contributed by atoms with Gasteiger partial charge in [-0.2, -0.15) is 0 Å². The molecule has 0 atom stereocenters. The zero-order chi connectivity index (χ0) is 25.2. The number of halogens is 1. The lowest BCUT2D eigenvalue weighted by Crippen LogP contribution is -2.15. The van der Waals surface area contributed by atoms with Crippen molar-refractivity contribution < 1.29 is 18.7 Å². The van der Waals surface area contributed by atoms with Crippen LogP contribution >= 0.6 is 27.3 Å². The van der Waals surface area contributed by atoms with Crippen molar-refractivity contribution in [3.8, 4) is 22.6 Å². The van der Waals surface area contributed by atoms with Gasteiger partial charge in [0.1, 0.15) is 22.0 Å². The molecule has 1 amide bonds. The topological polar surface area (TPSA) is 81.4 Å². The first kappa shape index (κ1) is 24.0. The molecule has 6 nitrogen and oxygen atoms in total. The molecule has 0 aliphatic carbocycles. The number of aryl methyl sites for hydroxylation is 1. The van der Waals surface area contributed by atoms with Crippen molar-refractivity contribution in [1.82, 2.24) is 4.98 Å². The van der Waals surface area contributed by atoms with Crippen LogP contribution in [-0.2, 0) is 4.74 Å². The number of nitrogens with one attached hydrogen (secondary N) is 1. The van der Waals surface area contributed by atoms with E-state index in [0.29, 0.717) is 44.0 Å². The number of carbonyl (C=O) groups excluding carboxylic acids is 2. The van der Waals surface area contributed by atoms with Gasteiger partial charge in [0, 0.05) is 20.8 Å². The molecule has 0 radical (unpaired) electrons. The first-order valence-electron chi connectivity index (χ1n) is 11.3. The van der Waals surface area contributed by atoms with Crippen LogP contribution in [0.1, 0.15) is 33.4 Å². The highest BCUT2D eigenvalue weighted by molar-refractivity contribution is 9.10. The summed E-state index contributed by atoms with van der Waals surface area (Å²) in [6, 6.07) is 20.5. The average Bonchev–Trinajstić information content (AvgIpc) is 3.50. The van der Waals surface area contributed by atoms with Gasteiger partial charge in [0.15, 0.2) is 5.76 Å². The SMILES string of the molecule is CCOC(=O)c1c(-c2ccc(Br)cc2)csc1NC(=O)c1cc(-c2ccc(C)o2)nc2ccccc12. The van der Waals surface area contributed by atoms with E-state index in [1.807, 2.05) is 73.0 Å². The zero-order valence-electron chi connectivity index (χ0n) is 19.5. The summed E-state index contributed by atoms with van der Waals surface area (Å²) in [5.74, 6) is 0.489. The fourth-order valence-corrected chi connectivity index (χ4v) is 5.15. The van der Waals surface area contributed by atoms with E-state index >= 15 is 0 Å². The molecule has 0 bridgehead atoms. The number of ether oxygens (including phenoxy) is 1. The summed E-state index contributed by atoms with van der Waals surface area (Å²) < 4.78 is 12.0. The summed E-state index contributed by atoms with van der Waals surface area (Å²) in [5, 5.41) is 5.93. The van der Waals surface area contributed by atoms with Gasteiger partial charge in [0.2, 0.25) is 0 Å². The maximum absolute atomic E-state index is 13.6. The predicted molar refractivity (Wildman–Crippen MR) is 146 cm³/mol. The van der Waals surface area contributed by atoms with E-state index < -0.39 is 5.97 Å². The van der Waals surface area contributed by atoms with E-state index in [4.69, 9.17) is 9.15 Å². The van der Waals surface area contributed by atoms with Crippen LogP contribution in [0.4, 0.5) is 5.00 Å². The summed E-state index contributed by atoms with van der Waals surface area (Å²) >= 11 is 4.72. The number of fused-ring (bicyclic) bond motifs is 1. The molecule has 0 saturated carbocycles. The number of anilines is 1. The van der Waals surface area contributed by atoms with Crippen molar-refractivity contribution in [3.05, 3.63) is 93.5 Å². The lowest BCUT2D eigenvalue weighted by Gasteiger charge is -2.11. The smallest absolute Gasteiger partial charge is 0.341 e. The van der Waals surface area contributed by atoms with Crippen LogP contribution in [-0.4, -0.2) is 23.5 Å². The van der Waals surface area contributed by atoms with E-state index in [1.54, 1.807) is 13.0 Å². The molecule has 0 unspecified atom stereocenters. The highest BCUT2D eigenvalue weighted by Crippen LogP contribution is 2.37. The molecule has 3 aromatic heterocycles. The second kappa shape index (κ2) is 10.1. The van der Waals surface area contributed by atoms with Crippen molar-refractivity contribution in [2.45, 2.75) is 13.8 Å². The quantitative estimate of drug-likeness (QED) is 0.215. The highest BCUT2D eigenvalue weighted by atomic mass is 79.9. The number of hydrogen-bond acceptors (Lipinski definition) is 6. The normalized spacial score (nSPS) is 11.0. The summed E-state index contributed by atoms with van der Waals surface area (Å²) in [7, 11) is 0. The minimum absolute atomic E-state index is 0.225. The lowest BCUT2D eigenvalue weighted by atomic mass is 10.0. The lowest BCUT2D eigenvalue weighted by molar-refractivity contribution is 0.0529. The monoisotopic (exact) mass is 560 g/mol. The van der Waals surface area contributed by atoms with Crippen molar-refractivity contribution in [2.75, 3.05) is 11.9 Å². The summed E-state index contributed by atoms with van der Waals surface area (Å²) in [5.41, 5.74) is 3.53. The van der Waals surface area contributed by atoms with Gasteiger partial charge in [-0.15, -0.1) is 11.3 Å². The maximum Gasteiger partial charge on any atom is 0.341 e. The van der Waals surface area contributed by atoms with Crippen molar-refractivity contribution in [3.63, 3.8) is 0 Å². The molecule has 0 spiro atoms. The van der Waals surface area contributed by atoms with E-state index in [2.05, 4.69) is 26.2 Å². The largest absolute Gasteiger partial charge is 0.462 e. The van der Waals surface area contributed by atoms with Gasteiger partial charge in [-0.05, 0) is 55.8 Å². The Bertz CT molecular complexity index is 1590. The molecule has 1 N–H and O–H groups in total. The molecular weight excluding hydrogens is 540 g/mol. The van der Waals surface area contributed by atoms with Crippen LogP contribution in [0, 0.1) is 6.92 Å². The molecule has 180 valence electrons. The molecule has 0 aliphatic heterocycles. The standard InChI is InChI=1S/C28H21BrN2O4S/c1-3-34-28(33)25-21(17-9-11-18(29)12-10-17)15-36-27(25)31-26(32)20-14-23(24-13-8-16(2)35-24)30-22-7-5-4-6-19(20)22/h4-15H,3H2,1-2H3,(H,31,32). The van der Waals surface area contributed by atoms with Gasteiger partial charge in [0.25, 0.3) is 5.91 Å². The molecule has 8 heteroatoms. The van der Waals surface area contributed by atoms with E-state index in [9.17, 15) is 9.59 Å². The first-order chi connectivity index (χ1) is 17.4. The number of amides is 1. The first-order valence-corrected chi connectivity index (χ1v) is 12.9. The minimum atomic E-state index is -0.488. The number of para-hydroxylation sites is 1. The third-order valence-corrected chi connectivity index (χ3v) is 7.03. The minimum Gasteiger partial charge on any atom is -0.462 e. The van der Waals surface area contributed by atoms with Crippen LogP contribution in [0.2, 0.25) is 0 Å². The molecular formula is C28H21BrN2O4S. The number of furan rings is 1. The van der Waals surface area contributed by atoms with Gasteiger partial charge in [-0.3, -0.25) is 4.79 Å². The Labute approximate surface area is 220 Å². The van der Waals surface area contributed by atoms with Crippen LogP contribution in [0.3, 0.4) is 0 Å². The zero-order valence-corrected chi connectivity index (χ0v) is 21.9. The highest BCUT2D eigenvalue weighted by Gasteiger charge is 2.24.